The van der Waals surface area contributed by atoms with Crippen LogP contribution >= 0.6 is 0 Å². The Morgan fingerprint density at radius 2 is 1.20 bits per heavy atom. The molecule has 0 saturated carbocycles. The van der Waals surface area contributed by atoms with Gasteiger partial charge in [0.15, 0.2) is 5.60 Å². The van der Waals surface area contributed by atoms with Gasteiger partial charge < -0.3 is 26.1 Å². The van der Waals surface area contributed by atoms with E-state index in [2.05, 4.69) is 0 Å². The van der Waals surface area contributed by atoms with Crippen molar-refractivity contribution in [3.05, 3.63) is 0 Å². The van der Waals surface area contributed by atoms with Gasteiger partial charge in [0.05, 0.1) is 12.8 Å². The summed E-state index contributed by atoms with van der Waals surface area (Å²) < 4.78 is 0. The first kappa shape index (κ1) is 21.2. The monoisotopic (exact) mass is 276 g/mol. The smallest absolute Gasteiger partial charge is 1.00 e. The van der Waals surface area contributed by atoms with Crippen LogP contribution < -0.4 is 0 Å². The van der Waals surface area contributed by atoms with Crippen LogP contribution in [0.5, 0.6) is 0 Å². The van der Waals surface area contributed by atoms with Crippen LogP contribution in [0.3, 0.4) is 0 Å². The number of aliphatic carboxylic acids is 3. The van der Waals surface area contributed by atoms with E-state index < -0.39 is 36.4 Å². The molecule has 0 heterocycles. The van der Waals surface area contributed by atoms with Gasteiger partial charge in [-0.2, -0.15) is 0 Å². The number of aliphatic hydroxyl groups is 1. The van der Waals surface area contributed by atoms with Crippen LogP contribution in [0.15, 0.2) is 0 Å². The van der Waals surface area contributed by atoms with E-state index in [0.717, 1.165) is 0 Å². The zero-order valence-corrected chi connectivity index (χ0v) is 12.3. The number of hydrogen-bond donors (Lipinski definition) is 4. The summed E-state index contributed by atoms with van der Waals surface area (Å²) in [5.41, 5.74) is -2.74. The van der Waals surface area contributed by atoms with Crippen molar-refractivity contribution in [1.82, 2.24) is 0 Å². The van der Waals surface area contributed by atoms with E-state index in [9.17, 15) is 14.4 Å². The number of rotatable bonds is 5. The van der Waals surface area contributed by atoms with Crippen LogP contribution in [-0.2, 0) is 14.4 Å². The molecule has 0 aliphatic rings. The van der Waals surface area contributed by atoms with Gasteiger partial charge in [-0.3, -0.25) is 9.59 Å². The largest absolute Gasteiger partial charge is 2.00 e. The van der Waals surface area contributed by atoms with E-state index in [1.807, 2.05) is 0 Å². The molecule has 15 heavy (non-hydrogen) atoms. The van der Waals surface area contributed by atoms with Gasteiger partial charge in [0, 0.05) is 0 Å². The van der Waals surface area contributed by atoms with E-state index in [1.54, 1.807) is 0 Å². The Labute approximate surface area is 150 Å². The van der Waals surface area contributed by atoms with Crippen LogP contribution in [0, 0.1) is 0 Å². The van der Waals surface area contributed by atoms with Crippen LogP contribution in [-0.4, -0.2) is 119 Å². The van der Waals surface area contributed by atoms with Crippen LogP contribution in [0.1, 0.15) is 18.5 Å². The molecular formula is C6H12Ca2O7. The average molecular weight is 276 g/mol. The third-order valence-electron chi connectivity index (χ3n) is 1.29. The Balaban J connectivity index is -0.0000000480. The normalized spacial score (nSPS) is 9.40. The maximum absolute atomic E-state index is 10.3. The molecule has 0 saturated heterocycles. The first-order valence-corrected chi connectivity index (χ1v) is 3.17. The molecule has 7 nitrogen and oxygen atoms in total. The standard InChI is InChI=1S/C6H8O7.2Ca.4H/c7-3(8)1-6(13,5(11)12)2-4(9)10;;;;;;/h13H,1-2H2,(H,7,8)(H,9,10)(H,11,12);;;;;;/q;2*+2;4*-1. The number of hydrogen-bond acceptors (Lipinski definition) is 4. The SMILES string of the molecule is O=C(O)CC(O)(CC(=O)O)C(=O)O.[Ca+2].[Ca+2].[H-].[H-].[H-].[H-]. The molecule has 4 N–H and O–H groups in total. The fourth-order valence-electron chi connectivity index (χ4n) is 0.714. The van der Waals surface area contributed by atoms with Crippen LogP contribution in [0.25, 0.3) is 0 Å². The third kappa shape index (κ3) is 8.67. The molecule has 0 aliphatic heterocycles. The van der Waals surface area contributed by atoms with Crippen molar-refractivity contribution in [3.63, 3.8) is 0 Å². The Bertz CT molecular complexity index is 250. The second-order valence-electron chi connectivity index (χ2n) is 2.48. The topological polar surface area (TPSA) is 132 Å². The fourth-order valence-corrected chi connectivity index (χ4v) is 0.714. The summed E-state index contributed by atoms with van der Waals surface area (Å²) in [5.74, 6) is -5.02. The predicted molar refractivity (Wildman–Crippen MR) is 53.0 cm³/mol. The summed E-state index contributed by atoms with van der Waals surface area (Å²) in [7, 11) is 0. The van der Waals surface area contributed by atoms with Gasteiger partial charge in [-0.25, -0.2) is 4.79 Å². The second-order valence-corrected chi connectivity index (χ2v) is 2.48. The maximum Gasteiger partial charge on any atom is 2.00 e. The number of carboxylic acid groups (broad SMARTS) is 3. The van der Waals surface area contributed by atoms with E-state index in [-0.39, 0.29) is 81.2 Å². The van der Waals surface area contributed by atoms with E-state index >= 15 is 0 Å². The molecule has 0 aromatic heterocycles. The summed E-state index contributed by atoms with van der Waals surface area (Å²) in [6.07, 6.45) is -2.29. The molecule has 0 atom stereocenters. The molecule has 0 fully saturated rings. The van der Waals surface area contributed by atoms with Gasteiger partial charge in [0.25, 0.3) is 0 Å². The first-order valence-electron chi connectivity index (χ1n) is 3.17. The molecule has 0 aromatic rings. The van der Waals surface area contributed by atoms with Crippen LogP contribution in [0.2, 0.25) is 0 Å². The van der Waals surface area contributed by atoms with Gasteiger partial charge in [-0.1, -0.05) is 0 Å². The van der Waals surface area contributed by atoms with Crippen molar-refractivity contribution in [3.8, 4) is 0 Å². The molecule has 0 radical (unpaired) electrons. The summed E-state index contributed by atoms with van der Waals surface area (Å²) in [4.78, 5) is 30.5. The molecule has 0 spiro atoms. The molecule has 9 heteroatoms. The van der Waals surface area contributed by atoms with Crippen LogP contribution in [0.4, 0.5) is 0 Å². The Morgan fingerprint density at radius 1 is 0.933 bits per heavy atom. The quantitative estimate of drug-likeness (QED) is 0.446. The summed E-state index contributed by atoms with van der Waals surface area (Å²) >= 11 is 0. The van der Waals surface area contributed by atoms with Crippen molar-refractivity contribution in [2.45, 2.75) is 18.4 Å². The average Bonchev–Trinajstić information content (AvgIpc) is 1.82. The molecule has 82 valence electrons. The summed E-state index contributed by atoms with van der Waals surface area (Å²) in [5, 5.41) is 33.8. The molecule has 0 aliphatic carbocycles. The maximum atomic E-state index is 10.3. The minimum atomic E-state index is -2.74. The molecule has 0 aromatic carbocycles. The summed E-state index contributed by atoms with van der Waals surface area (Å²) in [6.45, 7) is 0. The van der Waals surface area contributed by atoms with Gasteiger partial charge in [0.1, 0.15) is 0 Å². The summed E-state index contributed by atoms with van der Waals surface area (Å²) in [6, 6.07) is 0. The zero-order valence-electron chi connectivity index (χ0n) is 11.8. The van der Waals surface area contributed by atoms with E-state index in [0.29, 0.717) is 0 Å². The van der Waals surface area contributed by atoms with E-state index in [1.165, 1.54) is 0 Å². The first-order chi connectivity index (χ1) is 5.78. The molecular weight excluding hydrogens is 264 g/mol. The molecule has 0 unspecified atom stereocenters. The van der Waals surface area contributed by atoms with Crippen molar-refractivity contribution >= 4 is 93.4 Å². The van der Waals surface area contributed by atoms with E-state index in [4.69, 9.17) is 20.4 Å². The molecule has 0 bridgehead atoms. The fraction of sp³-hybridized carbons (Fsp3) is 0.500. The predicted octanol–water partition coefficient (Wildman–Crippen LogP) is -1.56. The van der Waals surface area contributed by atoms with Crippen molar-refractivity contribution in [2.75, 3.05) is 0 Å². The Kier molecular flexibility index (Phi) is 12.7. The van der Waals surface area contributed by atoms with Gasteiger partial charge in [-0.05, 0) is 0 Å². The minimum Gasteiger partial charge on any atom is -1.00 e. The molecule has 0 amide bonds. The van der Waals surface area contributed by atoms with Crippen molar-refractivity contribution < 1.29 is 40.5 Å². The third-order valence-corrected chi connectivity index (χ3v) is 1.29. The minimum absolute atomic E-state index is 0. The Morgan fingerprint density at radius 3 is 1.33 bits per heavy atom. The second kappa shape index (κ2) is 8.98. The van der Waals surface area contributed by atoms with Crippen molar-refractivity contribution in [1.29, 1.82) is 0 Å². The number of carboxylic acids is 3. The van der Waals surface area contributed by atoms with Gasteiger partial charge in [0.2, 0.25) is 0 Å². The van der Waals surface area contributed by atoms with Crippen molar-refractivity contribution in [2.24, 2.45) is 0 Å². The van der Waals surface area contributed by atoms with Gasteiger partial charge in [-0.15, -0.1) is 0 Å². The Hall–Kier alpha value is 0.889. The van der Waals surface area contributed by atoms with Gasteiger partial charge >= 0.3 is 93.4 Å². The zero-order chi connectivity index (χ0) is 10.6. The number of carbonyl (C=O) groups is 3. The molecule has 0 rings (SSSR count).